The third kappa shape index (κ3) is 1.80. The molecule has 1 rings (SSSR count). The molecule has 3 nitrogen and oxygen atoms in total. The molecule has 60 valence electrons. The predicted octanol–water partition coefficient (Wildman–Crippen LogP) is 0.858. The fourth-order valence-corrected chi connectivity index (χ4v) is 0.703. The number of aromatic nitrogens is 1. The molecule has 0 aliphatic rings. The summed E-state index contributed by atoms with van der Waals surface area (Å²) in [6.45, 7) is 2.15. The zero-order valence-corrected chi connectivity index (χ0v) is 6.08. The number of nitrogens with zero attached hydrogens (tertiary/aromatic N) is 1. The van der Waals surface area contributed by atoms with Gasteiger partial charge in [-0.3, -0.25) is 0 Å². The Balaban J connectivity index is 2.90. The average molecular weight is 157 g/mol. The smallest absolute Gasteiger partial charge is 0.379 e. The topological polar surface area (TPSA) is 36.2 Å². The third-order valence-electron chi connectivity index (χ3n) is 1.14. The average Bonchev–Trinajstić information content (AvgIpc) is 1.95. The van der Waals surface area contributed by atoms with Crippen molar-refractivity contribution in [2.45, 2.75) is 6.92 Å². The van der Waals surface area contributed by atoms with Gasteiger partial charge in [0.25, 0.3) is 0 Å². The van der Waals surface area contributed by atoms with Gasteiger partial charge in [-0.05, 0) is 13.0 Å². The first-order valence-electron chi connectivity index (χ1n) is 3.25. The van der Waals surface area contributed by atoms with Gasteiger partial charge in [0.05, 0.1) is 12.7 Å². The highest BCUT2D eigenvalue weighted by Gasteiger charge is 2.05. The minimum absolute atomic E-state index is 0.119. The van der Waals surface area contributed by atoms with Crippen molar-refractivity contribution in [3.8, 4) is 5.88 Å². The van der Waals surface area contributed by atoms with Gasteiger partial charge in [-0.1, -0.05) is 0 Å². The van der Waals surface area contributed by atoms with E-state index in [1.54, 1.807) is 6.92 Å². The summed E-state index contributed by atoms with van der Waals surface area (Å²) in [5, 5.41) is 10.8. The van der Waals surface area contributed by atoms with E-state index in [1.807, 2.05) is 0 Å². The Bertz CT molecular complexity index is 252. The maximum absolute atomic E-state index is 12.3. The molecule has 4 heteroatoms. The van der Waals surface area contributed by atoms with Gasteiger partial charge in [0.2, 0.25) is 6.20 Å². The van der Waals surface area contributed by atoms with Crippen LogP contribution in [0, 0.1) is 11.0 Å². The molecule has 0 radical (unpaired) electrons. The van der Waals surface area contributed by atoms with Gasteiger partial charge in [-0.25, -0.2) is 4.39 Å². The fourth-order valence-electron chi connectivity index (χ4n) is 0.703. The van der Waals surface area contributed by atoms with E-state index >= 15 is 0 Å². The van der Waals surface area contributed by atoms with Crippen LogP contribution >= 0.6 is 0 Å². The van der Waals surface area contributed by atoms with Crippen LogP contribution in [0.5, 0.6) is 5.88 Å². The number of hydrogen-bond donors (Lipinski definition) is 0. The summed E-state index contributed by atoms with van der Waals surface area (Å²) in [4.78, 5) is 0. The maximum Gasteiger partial charge on any atom is 0.379 e. The summed E-state index contributed by atoms with van der Waals surface area (Å²) in [6, 6.07) is 2.48. The third-order valence-corrected chi connectivity index (χ3v) is 1.14. The van der Waals surface area contributed by atoms with Crippen molar-refractivity contribution in [2.75, 3.05) is 6.61 Å². The lowest BCUT2D eigenvalue weighted by Crippen LogP contribution is -2.28. The summed E-state index contributed by atoms with van der Waals surface area (Å²) in [5.74, 6) is -0.447. The van der Waals surface area contributed by atoms with Crippen LogP contribution in [0.25, 0.3) is 0 Å². The van der Waals surface area contributed by atoms with Crippen LogP contribution < -0.4 is 9.47 Å². The molecule has 0 aliphatic heterocycles. The summed E-state index contributed by atoms with van der Waals surface area (Å²) >= 11 is 0. The Morgan fingerprint density at radius 3 is 2.91 bits per heavy atom. The van der Waals surface area contributed by atoms with Gasteiger partial charge >= 0.3 is 5.88 Å². The van der Waals surface area contributed by atoms with E-state index in [0.29, 0.717) is 11.3 Å². The number of ether oxygens (including phenoxy) is 1. The zero-order chi connectivity index (χ0) is 8.27. The van der Waals surface area contributed by atoms with E-state index < -0.39 is 5.82 Å². The van der Waals surface area contributed by atoms with E-state index in [2.05, 4.69) is 0 Å². The number of pyridine rings is 1. The van der Waals surface area contributed by atoms with Crippen LogP contribution in [0.15, 0.2) is 18.3 Å². The lowest BCUT2D eigenvalue weighted by Gasteiger charge is -2.02. The van der Waals surface area contributed by atoms with Gasteiger partial charge in [-0.2, -0.15) is 0 Å². The summed E-state index contributed by atoms with van der Waals surface area (Å²) in [7, 11) is 0. The molecule has 0 aromatic carbocycles. The molecular formula is C7H8FNO2. The largest absolute Gasteiger partial charge is 0.616 e. The molecular weight excluding hydrogens is 149 g/mol. The van der Waals surface area contributed by atoms with Crippen molar-refractivity contribution in [3.05, 3.63) is 29.4 Å². The molecule has 0 amide bonds. The minimum Gasteiger partial charge on any atom is -0.616 e. The second-order valence-corrected chi connectivity index (χ2v) is 1.94. The van der Waals surface area contributed by atoms with Crippen LogP contribution in [-0.4, -0.2) is 6.61 Å². The molecule has 0 fully saturated rings. The van der Waals surface area contributed by atoms with E-state index in [0.717, 1.165) is 6.20 Å². The van der Waals surface area contributed by atoms with Gasteiger partial charge in [0.1, 0.15) is 0 Å². The Kier molecular flexibility index (Phi) is 2.25. The van der Waals surface area contributed by atoms with Gasteiger partial charge in [0.15, 0.2) is 5.82 Å². The highest BCUT2D eigenvalue weighted by atomic mass is 19.1. The molecule has 0 aliphatic carbocycles. The van der Waals surface area contributed by atoms with Crippen LogP contribution in [0.3, 0.4) is 0 Å². The highest BCUT2D eigenvalue weighted by Crippen LogP contribution is 2.02. The summed E-state index contributed by atoms with van der Waals surface area (Å²) in [6.07, 6.45) is 0.824. The van der Waals surface area contributed by atoms with Gasteiger partial charge in [-0.15, -0.1) is 4.73 Å². The monoisotopic (exact) mass is 157 g/mol. The van der Waals surface area contributed by atoms with Crippen LogP contribution in [0.1, 0.15) is 6.92 Å². The van der Waals surface area contributed by atoms with Crippen molar-refractivity contribution in [2.24, 2.45) is 0 Å². The molecule has 0 bridgehead atoms. The fraction of sp³-hybridized carbons (Fsp3) is 0.286. The molecule has 11 heavy (non-hydrogen) atoms. The van der Waals surface area contributed by atoms with Crippen molar-refractivity contribution in [1.82, 2.24) is 0 Å². The molecule has 1 aromatic rings. The standard InChI is InChI=1S/C7H8FNO2/c1-2-11-7-4-3-6(8)5-9(7)10/h3-5H,2H2,1H3. The quantitative estimate of drug-likeness (QED) is 0.471. The summed E-state index contributed by atoms with van der Waals surface area (Å²) < 4.78 is 17.5. The van der Waals surface area contributed by atoms with Crippen LogP contribution in [-0.2, 0) is 0 Å². The number of hydrogen-bond acceptors (Lipinski definition) is 2. The van der Waals surface area contributed by atoms with Crippen molar-refractivity contribution in [3.63, 3.8) is 0 Å². The predicted molar refractivity (Wildman–Crippen MR) is 36.5 cm³/mol. The van der Waals surface area contributed by atoms with Crippen molar-refractivity contribution < 1.29 is 13.9 Å². The van der Waals surface area contributed by atoms with Crippen LogP contribution in [0.2, 0.25) is 0 Å². The van der Waals surface area contributed by atoms with Crippen molar-refractivity contribution in [1.29, 1.82) is 0 Å². The molecule has 0 unspecified atom stereocenters. The maximum atomic E-state index is 12.3. The number of halogens is 1. The molecule has 0 atom stereocenters. The van der Waals surface area contributed by atoms with E-state index in [9.17, 15) is 9.60 Å². The molecule has 1 aromatic heterocycles. The second-order valence-electron chi connectivity index (χ2n) is 1.94. The SMILES string of the molecule is CCOc1ccc(F)c[n+]1[O-]. The molecule has 0 N–H and O–H groups in total. The van der Waals surface area contributed by atoms with Crippen LogP contribution in [0.4, 0.5) is 4.39 Å². The van der Waals surface area contributed by atoms with Gasteiger partial charge in [0, 0.05) is 0 Å². The molecule has 0 spiro atoms. The molecule has 0 saturated carbocycles. The Morgan fingerprint density at radius 1 is 1.64 bits per heavy atom. The minimum atomic E-state index is -0.566. The Hall–Kier alpha value is -1.32. The second kappa shape index (κ2) is 3.18. The lowest BCUT2D eigenvalue weighted by atomic mass is 10.5. The summed E-state index contributed by atoms with van der Waals surface area (Å²) in [5.41, 5.74) is 0. The zero-order valence-electron chi connectivity index (χ0n) is 6.08. The number of rotatable bonds is 2. The Labute approximate surface area is 63.6 Å². The molecule has 1 heterocycles. The first kappa shape index (κ1) is 7.78. The van der Waals surface area contributed by atoms with E-state index in [1.165, 1.54) is 12.1 Å². The van der Waals surface area contributed by atoms with E-state index in [4.69, 9.17) is 4.74 Å². The first-order chi connectivity index (χ1) is 5.24. The van der Waals surface area contributed by atoms with Gasteiger partial charge < -0.3 is 9.94 Å². The van der Waals surface area contributed by atoms with E-state index in [-0.39, 0.29) is 5.88 Å². The van der Waals surface area contributed by atoms with Crippen molar-refractivity contribution >= 4 is 0 Å². The Morgan fingerprint density at radius 2 is 2.36 bits per heavy atom. The first-order valence-corrected chi connectivity index (χ1v) is 3.25. The lowest BCUT2D eigenvalue weighted by molar-refractivity contribution is -0.614. The normalized spacial score (nSPS) is 9.64. The highest BCUT2D eigenvalue weighted by molar-refractivity contribution is 5.04. The molecule has 0 saturated heterocycles.